The second-order valence-corrected chi connectivity index (χ2v) is 5.84. The SMILES string of the molecule is CC(C)C1CCN(Cc2ccc(C#CCN)cc2F)C1. The number of rotatable bonds is 3. The summed E-state index contributed by atoms with van der Waals surface area (Å²) in [5, 5.41) is 0. The third-order valence-electron chi connectivity index (χ3n) is 4.03. The number of hydrogen-bond donors (Lipinski definition) is 1. The predicted octanol–water partition coefficient (Wildman–Crippen LogP) is 2.61. The highest BCUT2D eigenvalue weighted by Gasteiger charge is 2.25. The lowest BCUT2D eigenvalue weighted by Gasteiger charge is -2.18. The predicted molar refractivity (Wildman–Crippen MR) is 80.6 cm³/mol. The number of benzene rings is 1. The molecule has 0 saturated carbocycles. The molecular formula is C17H23FN2. The first kappa shape index (κ1) is 15.0. The van der Waals surface area contributed by atoms with Crippen LogP contribution in [0, 0.1) is 29.5 Å². The molecule has 1 aromatic rings. The van der Waals surface area contributed by atoms with Crippen molar-refractivity contribution in [3.8, 4) is 11.8 Å². The van der Waals surface area contributed by atoms with Crippen LogP contribution < -0.4 is 5.73 Å². The van der Waals surface area contributed by atoms with Gasteiger partial charge in [0.15, 0.2) is 0 Å². The molecule has 1 fully saturated rings. The van der Waals surface area contributed by atoms with Gasteiger partial charge >= 0.3 is 0 Å². The van der Waals surface area contributed by atoms with E-state index in [0.717, 1.165) is 24.6 Å². The first-order valence-electron chi connectivity index (χ1n) is 7.30. The highest BCUT2D eigenvalue weighted by atomic mass is 19.1. The second-order valence-electron chi connectivity index (χ2n) is 5.84. The smallest absolute Gasteiger partial charge is 0.128 e. The van der Waals surface area contributed by atoms with Crippen molar-refractivity contribution in [1.29, 1.82) is 0 Å². The first-order valence-corrected chi connectivity index (χ1v) is 7.30. The summed E-state index contributed by atoms with van der Waals surface area (Å²) in [5.74, 6) is 6.89. The van der Waals surface area contributed by atoms with E-state index in [4.69, 9.17) is 5.73 Å². The van der Waals surface area contributed by atoms with E-state index in [1.807, 2.05) is 12.1 Å². The number of halogens is 1. The van der Waals surface area contributed by atoms with E-state index >= 15 is 0 Å². The Morgan fingerprint density at radius 2 is 2.25 bits per heavy atom. The molecule has 2 rings (SSSR count). The number of nitrogens with zero attached hydrogens (tertiary/aromatic N) is 1. The maximum Gasteiger partial charge on any atom is 0.128 e. The molecule has 0 bridgehead atoms. The minimum atomic E-state index is -0.165. The van der Waals surface area contributed by atoms with Crippen molar-refractivity contribution in [2.24, 2.45) is 17.6 Å². The maximum absolute atomic E-state index is 14.1. The van der Waals surface area contributed by atoms with Crippen LogP contribution in [0.4, 0.5) is 4.39 Å². The van der Waals surface area contributed by atoms with Gasteiger partial charge < -0.3 is 5.73 Å². The summed E-state index contributed by atoms with van der Waals surface area (Å²) in [6.45, 7) is 7.66. The minimum Gasteiger partial charge on any atom is -0.320 e. The van der Waals surface area contributed by atoms with Gasteiger partial charge in [0.05, 0.1) is 6.54 Å². The molecule has 1 aliphatic rings. The zero-order valence-corrected chi connectivity index (χ0v) is 12.3. The molecule has 0 spiro atoms. The highest BCUT2D eigenvalue weighted by Crippen LogP contribution is 2.25. The lowest BCUT2D eigenvalue weighted by molar-refractivity contribution is 0.293. The Hall–Kier alpha value is -1.37. The summed E-state index contributed by atoms with van der Waals surface area (Å²) in [7, 11) is 0. The zero-order chi connectivity index (χ0) is 14.5. The van der Waals surface area contributed by atoms with Crippen LogP contribution in [0.25, 0.3) is 0 Å². The molecule has 20 heavy (non-hydrogen) atoms. The minimum absolute atomic E-state index is 0.165. The van der Waals surface area contributed by atoms with E-state index in [1.165, 1.54) is 12.5 Å². The van der Waals surface area contributed by atoms with Crippen LogP contribution in [-0.4, -0.2) is 24.5 Å². The number of hydrogen-bond acceptors (Lipinski definition) is 2. The summed E-state index contributed by atoms with van der Waals surface area (Å²) in [4.78, 5) is 2.34. The van der Waals surface area contributed by atoms with E-state index < -0.39 is 0 Å². The average Bonchev–Trinajstić information content (AvgIpc) is 2.88. The Bertz CT molecular complexity index is 513. The van der Waals surface area contributed by atoms with Gasteiger partial charge in [-0.1, -0.05) is 31.8 Å². The molecule has 0 aliphatic carbocycles. The van der Waals surface area contributed by atoms with E-state index in [9.17, 15) is 4.39 Å². The van der Waals surface area contributed by atoms with Gasteiger partial charge in [-0.2, -0.15) is 0 Å². The normalized spacial score (nSPS) is 19.1. The molecule has 1 heterocycles. The van der Waals surface area contributed by atoms with Crippen LogP contribution in [0.2, 0.25) is 0 Å². The summed E-state index contributed by atoms with van der Waals surface area (Å²) >= 11 is 0. The van der Waals surface area contributed by atoms with Crippen LogP contribution in [0.1, 0.15) is 31.4 Å². The highest BCUT2D eigenvalue weighted by molar-refractivity contribution is 5.37. The van der Waals surface area contributed by atoms with Crippen LogP contribution >= 0.6 is 0 Å². The number of nitrogens with two attached hydrogens (primary N) is 1. The maximum atomic E-state index is 14.1. The van der Waals surface area contributed by atoms with Gasteiger partial charge in [-0.15, -0.1) is 0 Å². The summed E-state index contributed by atoms with van der Waals surface area (Å²) in [6.07, 6.45) is 1.22. The Morgan fingerprint density at radius 1 is 1.45 bits per heavy atom. The molecule has 1 unspecified atom stereocenters. The Labute approximate surface area is 121 Å². The molecule has 2 nitrogen and oxygen atoms in total. The van der Waals surface area contributed by atoms with Crippen LogP contribution in [-0.2, 0) is 6.54 Å². The van der Waals surface area contributed by atoms with Crippen molar-refractivity contribution in [2.45, 2.75) is 26.8 Å². The number of likely N-dealkylation sites (tertiary alicyclic amines) is 1. The summed E-state index contributed by atoms with van der Waals surface area (Å²) in [6, 6.07) is 5.23. The average molecular weight is 274 g/mol. The zero-order valence-electron chi connectivity index (χ0n) is 12.3. The second kappa shape index (κ2) is 6.88. The molecule has 0 radical (unpaired) electrons. The fourth-order valence-electron chi connectivity index (χ4n) is 2.70. The van der Waals surface area contributed by atoms with E-state index in [2.05, 4.69) is 30.6 Å². The standard InChI is InChI=1S/C17H23FN2/c1-13(2)15-7-9-20(11-15)12-16-6-5-14(4-3-8-19)10-17(16)18/h5-6,10,13,15H,7-9,11-12,19H2,1-2H3. The van der Waals surface area contributed by atoms with Gasteiger partial charge in [-0.25, -0.2) is 4.39 Å². The molecule has 1 aliphatic heterocycles. The monoisotopic (exact) mass is 274 g/mol. The van der Waals surface area contributed by atoms with Crippen molar-refractivity contribution in [3.63, 3.8) is 0 Å². The van der Waals surface area contributed by atoms with Gasteiger partial charge in [-0.05, 0) is 36.9 Å². The van der Waals surface area contributed by atoms with Crippen molar-refractivity contribution in [2.75, 3.05) is 19.6 Å². The van der Waals surface area contributed by atoms with Gasteiger partial charge in [0.2, 0.25) is 0 Å². The third-order valence-corrected chi connectivity index (χ3v) is 4.03. The van der Waals surface area contributed by atoms with E-state index in [1.54, 1.807) is 0 Å². The fourth-order valence-corrected chi connectivity index (χ4v) is 2.70. The molecule has 1 saturated heterocycles. The molecule has 1 aromatic carbocycles. The third kappa shape index (κ3) is 3.82. The largest absolute Gasteiger partial charge is 0.320 e. The molecule has 108 valence electrons. The van der Waals surface area contributed by atoms with Crippen LogP contribution in [0.15, 0.2) is 18.2 Å². The Balaban J connectivity index is 2.00. The summed E-state index contributed by atoms with van der Waals surface area (Å²) < 4.78 is 14.1. The van der Waals surface area contributed by atoms with Crippen molar-refractivity contribution >= 4 is 0 Å². The lowest BCUT2D eigenvalue weighted by Crippen LogP contribution is -2.22. The van der Waals surface area contributed by atoms with Gasteiger partial charge in [-0.3, -0.25) is 4.90 Å². The van der Waals surface area contributed by atoms with Crippen LogP contribution in [0.5, 0.6) is 0 Å². The Kier molecular flexibility index (Phi) is 5.17. The molecule has 1 atom stereocenters. The first-order chi connectivity index (χ1) is 9.60. The molecule has 0 aromatic heterocycles. The van der Waals surface area contributed by atoms with Gasteiger partial charge in [0.1, 0.15) is 5.82 Å². The van der Waals surface area contributed by atoms with Crippen molar-refractivity contribution < 1.29 is 4.39 Å². The van der Waals surface area contributed by atoms with E-state index in [-0.39, 0.29) is 5.82 Å². The van der Waals surface area contributed by atoms with Crippen molar-refractivity contribution in [1.82, 2.24) is 4.90 Å². The molecule has 2 N–H and O–H groups in total. The summed E-state index contributed by atoms with van der Waals surface area (Å²) in [5.41, 5.74) is 6.77. The van der Waals surface area contributed by atoms with Crippen molar-refractivity contribution in [3.05, 3.63) is 35.1 Å². The fraction of sp³-hybridized carbons (Fsp3) is 0.529. The van der Waals surface area contributed by atoms with Crippen LogP contribution in [0.3, 0.4) is 0 Å². The van der Waals surface area contributed by atoms with Gasteiger partial charge in [0.25, 0.3) is 0 Å². The van der Waals surface area contributed by atoms with E-state index in [0.29, 0.717) is 24.6 Å². The topological polar surface area (TPSA) is 29.3 Å². The molecular weight excluding hydrogens is 251 g/mol. The molecule has 0 amide bonds. The quantitative estimate of drug-likeness (QED) is 0.859. The van der Waals surface area contributed by atoms with Gasteiger partial charge in [0, 0.05) is 24.2 Å². The molecule has 3 heteroatoms. The Morgan fingerprint density at radius 3 is 2.85 bits per heavy atom. The lowest BCUT2D eigenvalue weighted by atomic mass is 9.95.